The number of carbonyl (C=O) groups excluding carboxylic acids is 1. The van der Waals surface area contributed by atoms with Crippen molar-refractivity contribution in [3.63, 3.8) is 0 Å². The van der Waals surface area contributed by atoms with E-state index in [0.717, 1.165) is 6.61 Å². The van der Waals surface area contributed by atoms with Crippen molar-refractivity contribution in [3.8, 4) is 0 Å². The zero-order valence-electron chi connectivity index (χ0n) is 11.1. The van der Waals surface area contributed by atoms with Gasteiger partial charge in [0.05, 0.1) is 6.42 Å². The van der Waals surface area contributed by atoms with Crippen molar-refractivity contribution in [3.05, 3.63) is 0 Å². The Morgan fingerprint density at radius 3 is 2.50 bits per heavy atom. The highest BCUT2D eigenvalue weighted by atomic mass is 16.5. The van der Waals surface area contributed by atoms with E-state index in [2.05, 4.69) is 10.6 Å². The van der Waals surface area contributed by atoms with Crippen LogP contribution in [0.4, 0.5) is 4.79 Å². The van der Waals surface area contributed by atoms with Gasteiger partial charge in [-0.1, -0.05) is 0 Å². The molecule has 0 bridgehead atoms. The van der Waals surface area contributed by atoms with Gasteiger partial charge in [0.25, 0.3) is 0 Å². The van der Waals surface area contributed by atoms with Crippen LogP contribution in [0.5, 0.6) is 0 Å². The SMILES string of the molecule is O=C(O)C[C@H](NC(=O)NCCCOCC1CC1)C(=O)O. The summed E-state index contributed by atoms with van der Waals surface area (Å²) in [5, 5.41) is 21.8. The molecule has 1 aliphatic rings. The Morgan fingerprint density at radius 1 is 1.25 bits per heavy atom. The lowest BCUT2D eigenvalue weighted by atomic mass is 10.2. The van der Waals surface area contributed by atoms with E-state index in [4.69, 9.17) is 14.9 Å². The van der Waals surface area contributed by atoms with Gasteiger partial charge in [-0.2, -0.15) is 0 Å². The molecule has 4 N–H and O–H groups in total. The molecule has 8 heteroatoms. The van der Waals surface area contributed by atoms with Crippen LogP contribution in [0.1, 0.15) is 25.7 Å². The maximum absolute atomic E-state index is 11.4. The summed E-state index contributed by atoms with van der Waals surface area (Å²) in [5.41, 5.74) is 0. The third-order valence-corrected chi connectivity index (χ3v) is 2.78. The second-order valence-electron chi connectivity index (χ2n) is 4.76. The molecule has 0 aliphatic heterocycles. The van der Waals surface area contributed by atoms with Crippen molar-refractivity contribution < 1.29 is 29.3 Å². The maximum Gasteiger partial charge on any atom is 0.326 e. The number of amides is 2. The summed E-state index contributed by atoms with van der Waals surface area (Å²) in [6.07, 6.45) is 2.41. The van der Waals surface area contributed by atoms with Crippen molar-refractivity contribution in [2.45, 2.75) is 31.7 Å². The fraction of sp³-hybridized carbons (Fsp3) is 0.750. The number of hydrogen-bond acceptors (Lipinski definition) is 4. The first-order valence-electron chi connectivity index (χ1n) is 6.55. The molecule has 0 aromatic rings. The summed E-state index contributed by atoms with van der Waals surface area (Å²) < 4.78 is 5.37. The van der Waals surface area contributed by atoms with Crippen LogP contribution < -0.4 is 10.6 Å². The Bertz CT molecular complexity index is 356. The molecule has 0 spiro atoms. The molecule has 0 aromatic heterocycles. The first kappa shape index (κ1) is 16.2. The molecule has 0 saturated heterocycles. The molecule has 0 heterocycles. The molecule has 8 nitrogen and oxygen atoms in total. The highest BCUT2D eigenvalue weighted by Gasteiger charge is 2.23. The lowest BCUT2D eigenvalue weighted by Gasteiger charge is -2.13. The quantitative estimate of drug-likeness (QED) is 0.420. The zero-order valence-corrected chi connectivity index (χ0v) is 11.1. The topological polar surface area (TPSA) is 125 Å². The van der Waals surface area contributed by atoms with Crippen LogP contribution in [-0.2, 0) is 14.3 Å². The van der Waals surface area contributed by atoms with Crippen LogP contribution >= 0.6 is 0 Å². The van der Waals surface area contributed by atoms with E-state index < -0.39 is 30.4 Å². The molecule has 20 heavy (non-hydrogen) atoms. The van der Waals surface area contributed by atoms with Gasteiger partial charge in [-0.3, -0.25) is 4.79 Å². The predicted octanol–water partition coefficient (Wildman–Crippen LogP) is 0.0302. The van der Waals surface area contributed by atoms with Gasteiger partial charge in [0.15, 0.2) is 0 Å². The second kappa shape index (κ2) is 8.36. The normalized spacial score (nSPS) is 15.4. The summed E-state index contributed by atoms with van der Waals surface area (Å²) in [7, 11) is 0. The number of aliphatic carboxylic acids is 2. The molecule has 0 aromatic carbocycles. The van der Waals surface area contributed by atoms with E-state index in [1.165, 1.54) is 12.8 Å². The van der Waals surface area contributed by atoms with Crippen molar-refractivity contribution in [2.75, 3.05) is 19.8 Å². The third-order valence-electron chi connectivity index (χ3n) is 2.78. The van der Waals surface area contributed by atoms with Crippen LogP contribution in [-0.4, -0.2) is 54.0 Å². The molecular weight excluding hydrogens is 268 g/mol. The summed E-state index contributed by atoms with van der Waals surface area (Å²) in [6, 6.07) is -2.13. The number of hydrogen-bond donors (Lipinski definition) is 4. The Kier molecular flexibility index (Phi) is 6.78. The molecular formula is C12H20N2O6. The average Bonchev–Trinajstić information content (AvgIpc) is 3.16. The number of carbonyl (C=O) groups is 3. The van der Waals surface area contributed by atoms with Crippen LogP contribution in [0.25, 0.3) is 0 Å². The zero-order chi connectivity index (χ0) is 15.0. The number of rotatable bonds is 10. The van der Waals surface area contributed by atoms with Gasteiger partial charge in [-0.05, 0) is 25.2 Å². The van der Waals surface area contributed by atoms with Crippen molar-refractivity contribution in [1.29, 1.82) is 0 Å². The standard InChI is InChI=1S/C12H20N2O6/c15-10(16)6-9(11(17)18)14-12(19)13-4-1-5-20-7-8-2-3-8/h8-9H,1-7H2,(H,15,16)(H,17,18)(H2,13,14,19)/t9-/m0/s1. The third kappa shape index (κ3) is 7.57. The van der Waals surface area contributed by atoms with Crippen molar-refractivity contribution in [2.24, 2.45) is 5.92 Å². The van der Waals surface area contributed by atoms with Gasteiger partial charge in [0, 0.05) is 19.8 Å². The Morgan fingerprint density at radius 2 is 1.95 bits per heavy atom. The van der Waals surface area contributed by atoms with Crippen LogP contribution in [0.2, 0.25) is 0 Å². The number of nitrogens with one attached hydrogen (secondary N) is 2. The molecule has 2 amide bonds. The van der Waals surface area contributed by atoms with Gasteiger partial charge >= 0.3 is 18.0 Å². The van der Waals surface area contributed by atoms with Gasteiger partial charge in [0.2, 0.25) is 0 Å². The van der Waals surface area contributed by atoms with Crippen LogP contribution in [0.3, 0.4) is 0 Å². The van der Waals surface area contributed by atoms with E-state index in [-0.39, 0.29) is 0 Å². The molecule has 1 saturated carbocycles. The highest BCUT2D eigenvalue weighted by molar-refractivity contribution is 5.86. The van der Waals surface area contributed by atoms with E-state index in [9.17, 15) is 14.4 Å². The van der Waals surface area contributed by atoms with Crippen LogP contribution in [0, 0.1) is 5.92 Å². The summed E-state index contributed by atoms with van der Waals surface area (Å²) >= 11 is 0. The molecule has 0 unspecified atom stereocenters. The first-order valence-corrected chi connectivity index (χ1v) is 6.55. The van der Waals surface area contributed by atoms with Gasteiger partial charge in [0.1, 0.15) is 6.04 Å². The summed E-state index contributed by atoms with van der Waals surface area (Å²) in [5.74, 6) is -1.97. The minimum atomic E-state index is -1.43. The number of urea groups is 1. The van der Waals surface area contributed by atoms with Crippen molar-refractivity contribution in [1.82, 2.24) is 10.6 Å². The Labute approximate surface area is 116 Å². The monoisotopic (exact) mass is 288 g/mol. The summed E-state index contributed by atoms with van der Waals surface area (Å²) in [4.78, 5) is 32.5. The van der Waals surface area contributed by atoms with Gasteiger partial charge in [-0.25, -0.2) is 9.59 Å². The number of carboxylic acids is 2. The van der Waals surface area contributed by atoms with Crippen molar-refractivity contribution >= 4 is 18.0 Å². The fourth-order valence-electron chi connectivity index (χ4n) is 1.49. The van der Waals surface area contributed by atoms with Crippen LogP contribution in [0.15, 0.2) is 0 Å². The lowest BCUT2D eigenvalue weighted by molar-refractivity contribution is -0.145. The Hall–Kier alpha value is -1.83. The number of ether oxygens (including phenoxy) is 1. The highest BCUT2D eigenvalue weighted by Crippen LogP contribution is 2.28. The molecule has 1 atom stereocenters. The number of carboxylic acid groups (broad SMARTS) is 2. The largest absolute Gasteiger partial charge is 0.481 e. The second-order valence-corrected chi connectivity index (χ2v) is 4.76. The molecule has 1 rings (SSSR count). The Balaban J connectivity index is 2.07. The van der Waals surface area contributed by atoms with E-state index in [1.54, 1.807) is 0 Å². The van der Waals surface area contributed by atoms with Gasteiger partial charge in [-0.15, -0.1) is 0 Å². The molecule has 114 valence electrons. The molecule has 1 aliphatic carbocycles. The first-order chi connectivity index (χ1) is 9.49. The minimum Gasteiger partial charge on any atom is -0.481 e. The summed E-state index contributed by atoms with van der Waals surface area (Å²) in [6.45, 7) is 1.63. The van der Waals surface area contributed by atoms with E-state index >= 15 is 0 Å². The molecule has 1 fully saturated rings. The lowest BCUT2D eigenvalue weighted by Crippen LogP contribution is -2.47. The van der Waals surface area contributed by atoms with Gasteiger partial charge < -0.3 is 25.6 Å². The molecule has 0 radical (unpaired) electrons. The average molecular weight is 288 g/mol. The maximum atomic E-state index is 11.4. The predicted molar refractivity (Wildman–Crippen MR) is 68.4 cm³/mol. The minimum absolute atomic E-state index is 0.343. The van der Waals surface area contributed by atoms with E-state index in [1.807, 2.05) is 0 Å². The fourth-order valence-corrected chi connectivity index (χ4v) is 1.49. The van der Waals surface area contributed by atoms with E-state index in [0.29, 0.717) is 25.5 Å². The smallest absolute Gasteiger partial charge is 0.326 e.